The Morgan fingerprint density at radius 2 is 1.70 bits per heavy atom. The lowest BCUT2D eigenvalue weighted by Gasteiger charge is -2.23. The first-order valence-corrected chi connectivity index (χ1v) is 10.8. The summed E-state index contributed by atoms with van der Waals surface area (Å²) in [4.78, 5) is 4.43. The number of anilines is 1. The SMILES string of the molecule is COc1ccc(CN=C2Nc3c(Oc4ccccc4Cl)cccc3S(=O)(=O)N2)cc1. The number of guanidine groups is 1. The van der Waals surface area contributed by atoms with Gasteiger partial charge < -0.3 is 14.8 Å². The standard InChI is InChI=1S/C21H18ClN3O4S/c1-28-15-11-9-14(10-12-15)13-23-21-24-20-18(29-17-6-3-2-5-16(17)22)7-4-8-19(20)30(26,27)25-21/h2-12H,13H2,1H3,(H2,23,24,25). The molecule has 3 aromatic carbocycles. The smallest absolute Gasteiger partial charge is 0.266 e. The molecule has 154 valence electrons. The van der Waals surface area contributed by atoms with Crippen molar-refractivity contribution in [1.29, 1.82) is 0 Å². The third-order valence-corrected chi connectivity index (χ3v) is 6.08. The molecule has 0 aliphatic carbocycles. The Balaban J connectivity index is 1.64. The number of benzene rings is 3. The molecule has 0 unspecified atom stereocenters. The summed E-state index contributed by atoms with van der Waals surface area (Å²) in [5.41, 5.74) is 1.19. The van der Waals surface area contributed by atoms with Crippen molar-refractivity contribution in [2.24, 2.45) is 4.99 Å². The molecule has 1 aliphatic heterocycles. The zero-order chi connectivity index (χ0) is 21.1. The molecule has 0 spiro atoms. The maximum absolute atomic E-state index is 12.7. The minimum atomic E-state index is -3.81. The van der Waals surface area contributed by atoms with E-state index in [0.29, 0.717) is 22.2 Å². The van der Waals surface area contributed by atoms with Gasteiger partial charge in [-0.15, -0.1) is 0 Å². The van der Waals surface area contributed by atoms with E-state index in [1.807, 2.05) is 24.3 Å². The number of methoxy groups -OCH3 is 1. The Morgan fingerprint density at radius 1 is 0.967 bits per heavy atom. The van der Waals surface area contributed by atoms with Gasteiger partial charge >= 0.3 is 0 Å². The average Bonchev–Trinajstić information content (AvgIpc) is 2.74. The van der Waals surface area contributed by atoms with E-state index in [1.54, 1.807) is 43.5 Å². The number of fused-ring (bicyclic) bond motifs is 1. The van der Waals surface area contributed by atoms with Crippen LogP contribution in [0.4, 0.5) is 5.69 Å². The van der Waals surface area contributed by atoms with Gasteiger partial charge in [-0.25, -0.2) is 18.1 Å². The number of aliphatic imine (C=N–C) groups is 1. The van der Waals surface area contributed by atoms with E-state index >= 15 is 0 Å². The minimum absolute atomic E-state index is 0.0652. The number of sulfonamides is 1. The van der Waals surface area contributed by atoms with Gasteiger partial charge in [0.25, 0.3) is 10.0 Å². The van der Waals surface area contributed by atoms with Crippen molar-refractivity contribution < 1.29 is 17.9 Å². The maximum atomic E-state index is 12.7. The van der Waals surface area contributed by atoms with Crippen LogP contribution >= 0.6 is 11.6 Å². The topological polar surface area (TPSA) is 89.0 Å². The van der Waals surface area contributed by atoms with Crippen molar-refractivity contribution in [2.45, 2.75) is 11.4 Å². The zero-order valence-electron chi connectivity index (χ0n) is 15.9. The summed E-state index contributed by atoms with van der Waals surface area (Å²) in [7, 11) is -2.21. The molecule has 0 saturated carbocycles. The van der Waals surface area contributed by atoms with Crippen molar-refractivity contribution in [3.8, 4) is 17.2 Å². The van der Waals surface area contributed by atoms with Gasteiger partial charge in [0.05, 0.1) is 18.7 Å². The molecule has 7 nitrogen and oxygen atoms in total. The van der Waals surface area contributed by atoms with Crippen molar-refractivity contribution >= 4 is 33.3 Å². The molecule has 0 bridgehead atoms. The third-order valence-electron chi connectivity index (χ3n) is 4.39. The van der Waals surface area contributed by atoms with E-state index in [2.05, 4.69) is 15.0 Å². The fourth-order valence-corrected chi connectivity index (χ4v) is 4.22. The summed E-state index contributed by atoms with van der Waals surface area (Å²) in [5, 5.41) is 3.44. The number of ether oxygens (including phenoxy) is 2. The van der Waals surface area contributed by atoms with Gasteiger partial charge in [-0.1, -0.05) is 41.9 Å². The second-order valence-electron chi connectivity index (χ2n) is 6.41. The van der Waals surface area contributed by atoms with Crippen LogP contribution in [0.3, 0.4) is 0 Å². The Hall–Kier alpha value is -3.23. The van der Waals surface area contributed by atoms with Crippen molar-refractivity contribution in [1.82, 2.24) is 4.72 Å². The molecule has 4 rings (SSSR count). The van der Waals surface area contributed by atoms with Crippen LogP contribution in [0.15, 0.2) is 76.6 Å². The summed E-state index contributed by atoms with van der Waals surface area (Å²) in [5.74, 6) is 1.58. The van der Waals surface area contributed by atoms with Gasteiger partial charge in [-0.2, -0.15) is 0 Å². The number of rotatable bonds is 5. The predicted octanol–water partition coefficient (Wildman–Crippen LogP) is 4.40. The van der Waals surface area contributed by atoms with Crippen molar-refractivity contribution in [3.63, 3.8) is 0 Å². The quantitative estimate of drug-likeness (QED) is 0.610. The van der Waals surface area contributed by atoms with E-state index < -0.39 is 10.0 Å². The molecule has 30 heavy (non-hydrogen) atoms. The maximum Gasteiger partial charge on any atom is 0.266 e. The first-order valence-electron chi connectivity index (χ1n) is 8.99. The lowest BCUT2D eigenvalue weighted by Crippen LogP contribution is -2.40. The van der Waals surface area contributed by atoms with E-state index in [4.69, 9.17) is 21.1 Å². The van der Waals surface area contributed by atoms with Gasteiger partial charge in [0.2, 0.25) is 5.96 Å². The van der Waals surface area contributed by atoms with Crippen LogP contribution in [0.25, 0.3) is 0 Å². The Bertz CT molecular complexity index is 1210. The Kier molecular flexibility index (Phi) is 5.52. The van der Waals surface area contributed by atoms with Crippen LogP contribution in [0.1, 0.15) is 5.56 Å². The number of nitrogens with zero attached hydrogens (tertiary/aromatic N) is 1. The van der Waals surface area contributed by atoms with Crippen LogP contribution in [-0.2, 0) is 16.6 Å². The number of para-hydroxylation sites is 2. The summed E-state index contributed by atoms with van der Waals surface area (Å²) >= 11 is 6.17. The molecule has 0 saturated heterocycles. The summed E-state index contributed by atoms with van der Waals surface area (Å²) < 4.78 is 38.9. The van der Waals surface area contributed by atoms with E-state index in [0.717, 1.165) is 11.3 Å². The molecule has 1 aliphatic rings. The number of halogens is 1. The Labute approximate surface area is 179 Å². The second kappa shape index (κ2) is 8.25. The van der Waals surface area contributed by atoms with E-state index in [9.17, 15) is 8.42 Å². The highest BCUT2D eigenvalue weighted by Crippen LogP contribution is 2.38. The summed E-state index contributed by atoms with van der Waals surface area (Å²) in [6.45, 7) is 0.276. The minimum Gasteiger partial charge on any atom is -0.497 e. The van der Waals surface area contributed by atoms with Crippen molar-refractivity contribution in [3.05, 3.63) is 77.3 Å². The van der Waals surface area contributed by atoms with Gasteiger partial charge in [0, 0.05) is 0 Å². The second-order valence-corrected chi connectivity index (χ2v) is 8.46. The third kappa shape index (κ3) is 4.19. The van der Waals surface area contributed by atoms with Gasteiger partial charge in [0.1, 0.15) is 22.1 Å². The molecule has 1 heterocycles. The Morgan fingerprint density at radius 3 is 2.43 bits per heavy atom. The lowest BCUT2D eigenvalue weighted by atomic mass is 10.2. The highest BCUT2D eigenvalue weighted by molar-refractivity contribution is 7.90. The zero-order valence-corrected chi connectivity index (χ0v) is 17.5. The van der Waals surface area contributed by atoms with Crippen LogP contribution in [-0.4, -0.2) is 21.5 Å². The number of nitrogens with one attached hydrogen (secondary N) is 2. The molecule has 2 N–H and O–H groups in total. The molecule has 0 aromatic heterocycles. The van der Waals surface area contributed by atoms with Gasteiger partial charge in [-0.05, 0) is 42.0 Å². The molecule has 0 radical (unpaired) electrons. The molecule has 0 amide bonds. The lowest BCUT2D eigenvalue weighted by molar-refractivity contribution is 0.414. The van der Waals surface area contributed by atoms with Crippen LogP contribution in [0.5, 0.6) is 17.2 Å². The molecule has 9 heteroatoms. The molecule has 0 atom stereocenters. The first-order chi connectivity index (χ1) is 14.5. The van der Waals surface area contributed by atoms with Crippen LogP contribution < -0.4 is 19.5 Å². The largest absolute Gasteiger partial charge is 0.497 e. The number of hydrogen-bond acceptors (Lipinski definition) is 5. The fraction of sp³-hybridized carbons (Fsp3) is 0.0952. The summed E-state index contributed by atoms with van der Waals surface area (Å²) in [6, 6.07) is 19.1. The fourth-order valence-electron chi connectivity index (χ4n) is 2.89. The first kappa shape index (κ1) is 20.1. The number of hydrogen-bond donors (Lipinski definition) is 2. The summed E-state index contributed by atoms with van der Waals surface area (Å²) in [6.07, 6.45) is 0. The highest BCUT2D eigenvalue weighted by Gasteiger charge is 2.29. The van der Waals surface area contributed by atoms with Gasteiger partial charge in [-0.3, -0.25) is 0 Å². The van der Waals surface area contributed by atoms with Crippen LogP contribution in [0, 0.1) is 0 Å². The van der Waals surface area contributed by atoms with E-state index in [1.165, 1.54) is 6.07 Å². The molecular weight excluding hydrogens is 426 g/mol. The normalized spacial score (nSPS) is 15.6. The molecular formula is C21H18ClN3O4S. The predicted molar refractivity (Wildman–Crippen MR) is 116 cm³/mol. The monoisotopic (exact) mass is 443 g/mol. The molecule has 3 aromatic rings. The van der Waals surface area contributed by atoms with E-state index in [-0.39, 0.29) is 17.4 Å². The average molecular weight is 444 g/mol. The van der Waals surface area contributed by atoms with Gasteiger partial charge in [0.15, 0.2) is 5.75 Å². The van der Waals surface area contributed by atoms with Crippen LogP contribution in [0.2, 0.25) is 5.02 Å². The molecule has 0 fully saturated rings. The van der Waals surface area contributed by atoms with Crippen molar-refractivity contribution in [2.75, 3.05) is 12.4 Å². The highest BCUT2D eigenvalue weighted by atomic mass is 35.5.